The molecule has 1 aromatic heterocycles. The lowest BCUT2D eigenvalue weighted by molar-refractivity contribution is 0.0638. The molecule has 1 N–H and O–H groups in total. The Morgan fingerprint density at radius 3 is 2.81 bits per heavy atom. The molecule has 0 spiro atoms. The van der Waals surface area contributed by atoms with Gasteiger partial charge < -0.3 is 9.84 Å². The van der Waals surface area contributed by atoms with Crippen molar-refractivity contribution in [1.29, 1.82) is 0 Å². The molecule has 5 heteroatoms. The molecule has 0 radical (unpaired) electrons. The van der Waals surface area contributed by atoms with Gasteiger partial charge in [-0.15, -0.1) is 11.3 Å². The molecule has 0 amide bonds. The van der Waals surface area contributed by atoms with Gasteiger partial charge in [0.1, 0.15) is 23.5 Å². The van der Waals surface area contributed by atoms with E-state index in [4.69, 9.17) is 9.72 Å². The maximum atomic E-state index is 10.5. The first-order valence-electron chi connectivity index (χ1n) is 9.72. The number of ether oxygens (including phenoxy) is 1. The molecule has 2 aromatic carbocycles. The fraction of sp³-hybridized carbons (Fsp3) is 0.409. The van der Waals surface area contributed by atoms with Crippen LogP contribution in [0.25, 0.3) is 10.2 Å². The lowest BCUT2D eigenvalue weighted by atomic mass is 10.2. The lowest BCUT2D eigenvalue weighted by Gasteiger charge is -2.25. The molecule has 0 saturated carbocycles. The van der Waals surface area contributed by atoms with E-state index < -0.39 is 6.10 Å². The molecule has 2 heterocycles. The molecule has 3 aromatic rings. The van der Waals surface area contributed by atoms with E-state index in [0.29, 0.717) is 19.2 Å². The van der Waals surface area contributed by atoms with Gasteiger partial charge in [-0.25, -0.2) is 4.98 Å². The van der Waals surface area contributed by atoms with E-state index in [1.165, 1.54) is 10.3 Å². The van der Waals surface area contributed by atoms with Crippen molar-refractivity contribution in [3.8, 4) is 5.75 Å². The summed E-state index contributed by atoms with van der Waals surface area (Å²) in [6.07, 6.45) is 2.76. The van der Waals surface area contributed by atoms with Gasteiger partial charge in [0.15, 0.2) is 0 Å². The summed E-state index contributed by atoms with van der Waals surface area (Å²) in [7, 11) is 0. The average Bonchev–Trinajstić information content (AvgIpc) is 3.33. The molecule has 4 rings (SSSR count). The van der Waals surface area contributed by atoms with E-state index in [1.54, 1.807) is 11.3 Å². The van der Waals surface area contributed by atoms with Gasteiger partial charge in [0.25, 0.3) is 0 Å². The van der Waals surface area contributed by atoms with Gasteiger partial charge in [-0.3, -0.25) is 4.90 Å². The number of β-amino-alcohol motifs (C(OH)–C–C–N with tert-alkyl or cyclic N) is 1. The minimum absolute atomic E-state index is 0.306. The van der Waals surface area contributed by atoms with E-state index in [2.05, 4.69) is 42.2 Å². The van der Waals surface area contributed by atoms with Crippen LogP contribution in [0.3, 0.4) is 0 Å². The number of aliphatic hydroxyl groups excluding tert-OH is 1. The Morgan fingerprint density at radius 1 is 1.22 bits per heavy atom. The van der Waals surface area contributed by atoms with E-state index in [1.807, 2.05) is 18.2 Å². The Labute approximate surface area is 164 Å². The van der Waals surface area contributed by atoms with E-state index in [9.17, 15) is 5.11 Å². The molecule has 27 heavy (non-hydrogen) atoms. The van der Waals surface area contributed by atoms with E-state index >= 15 is 0 Å². The van der Waals surface area contributed by atoms with Crippen molar-refractivity contribution >= 4 is 21.6 Å². The number of aliphatic hydroxyl groups is 1. The van der Waals surface area contributed by atoms with Gasteiger partial charge in [0.05, 0.1) is 16.3 Å². The van der Waals surface area contributed by atoms with Crippen LogP contribution in [0.2, 0.25) is 0 Å². The van der Waals surface area contributed by atoms with Crippen LogP contribution in [0.15, 0.2) is 48.5 Å². The molecule has 142 valence electrons. The molecule has 0 aliphatic carbocycles. The molecule has 1 saturated heterocycles. The molecule has 2 unspecified atom stereocenters. The number of hydrogen-bond donors (Lipinski definition) is 1. The first-order valence-corrected chi connectivity index (χ1v) is 10.5. The summed E-state index contributed by atoms with van der Waals surface area (Å²) in [6.45, 7) is 4.07. The number of likely N-dealkylation sites (tertiary alicyclic amines) is 1. The fourth-order valence-electron chi connectivity index (χ4n) is 3.69. The molecular weight excluding hydrogens is 356 g/mol. The fourth-order valence-corrected chi connectivity index (χ4v) is 4.83. The summed E-state index contributed by atoms with van der Waals surface area (Å²) < 4.78 is 7.01. The lowest BCUT2D eigenvalue weighted by Crippen LogP contribution is -2.35. The number of aryl methyl sites for hydroxylation is 1. The minimum atomic E-state index is -0.508. The number of hydrogen-bond acceptors (Lipinski definition) is 5. The van der Waals surface area contributed by atoms with Crippen LogP contribution >= 0.6 is 11.3 Å². The molecule has 0 bridgehead atoms. The minimum Gasteiger partial charge on any atom is -0.491 e. The maximum absolute atomic E-state index is 10.5. The Balaban J connectivity index is 1.35. The SMILES string of the molecule is CCc1ccc(OCC(O)CN2CCCC2c2nc3ccccc3s2)cc1. The molecule has 1 aliphatic rings. The van der Waals surface area contributed by atoms with Crippen molar-refractivity contribution in [2.75, 3.05) is 19.7 Å². The van der Waals surface area contributed by atoms with Crippen LogP contribution in [0.5, 0.6) is 5.75 Å². The normalized spacial score (nSPS) is 18.8. The van der Waals surface area contributed by atoms with Crippen LogP contribution < -0.4 is 4.74 Å². The summed E-state index contributed by atoms with van der Waals surface area (Å²) in [5.41, 5.74) is 2.36. The van der Waals surface area contributed by atoms with Crippen LogP contribution in [-0.4, -0.2) is 40.8 Å². The largest absolute Gasteiger partial charge is 0.491 e. The third kappa shape index (κ3) is 4.32. The number of fused-ring (bicyclic) bond motifs is 1. The van der Waals surface area contributed by atoms with Crippen molar-refractivity contribution < 1.29 is 9.84 Å². The van der Waals surface area contributed by atoms with Gasteiger partial charge in [-0.1, -0.05) is 31.2 Å². The number of thiazole rings is 1. The third-order valence-electron chi connectivity index (χ3n) is 5.18. The standard InChI is InChI=1S/C22H26N2O2S/c1-2-16-9-11-18(12-10-16)26-15-17(25)14-24-13-5-7-20(24)22-23-19-6-3-4-8-21(19)27-22/h3-4,6,8-12,17,20,25H,2,5,7,13-15H2,1H3. The average molecular weight is 383 g/mol. The van der Waals surface area contributed by atoms with Crippen molar-refractivity contribution in [1.82, 2.24) is 9.88 Å². The summed E-state index contributed by atoms with van der Waals surface area (Å²) in [5.74, 6) is 0.815. The molecule has 1 fully saturated rings. The maximum Gasteiger partial charge on any atom is 0.119 e. The predicted molar refractivity (Wildman–Crippen MR) is 110 cm³/mol. The quantitative estimate of drug-likeness (QED) is 0.656. The van der Waals surface area contributed by atoms with Gasteiger partial charge in [0.2, 0.25) is 0 Å². The highest BCUT2D eigenvalue weighted by Gasteiger charge is 2.30. The highest BCUT2D eigenvalue weighted by molar-refractivity contribution is 7.18. The number of rotatable bonds is 7. The highest BCUT2D eigenvalue weighted by atomic mass is 32.1. The first-order chi connectivity index (χ1) is 13.2. The van der Waals surface area contributed by atoms with Crippen LogP contribution in [0.1, 0.15) is 36.4 Å². The zero-order valence-electron chi connectivity index (χ0n) is 15.7. The van der Waals surface area contributed by atoms with Gasteiger partial charge in [0, 0.05) is 6.54 Å². The monoisotopic (exact) mass is 382 g/mol. The summed E-state index contributed by atoms with van der Waals surface area (Å²) in [5, 5.41) is 11.7. The second-order valence-corrected chi connectivity index (χ2v) is 8.20. The smallest absolute Gasteiger partial charge is 0.119 e. The van der Waals surface area contributed by atoms with Crippen molar-refractivity contribution in [3.63, 3.8) is 0 Å². The summed E-state index contributed by atoms with van der Waals surface area (Å²) in [6, 6.07) is 16.7. The number of para-hydroxylation sites is 1. The highest BCUT2D eigenvalue weighted by Crippen LogP contribution is 2.36. The summed E-state index contributed by atoms with van der Waals surface area (Å²) >= 11 is 1.77. The Morgan fingerprint density at radius 2 is 2.04 bits per heavy atom. The van der Waals surface area contributed by atoms with Crippen molar-refractivity contribution in [2.24, 2.45) is 0 Å². The third-order valence-corrected chi connectivity index (χ3v) is 6.32. The van der Waals surface area contributed by atoms with Crippen molar-refractivity contribution in [2.45, 2.75) is 38.3 Å². The number of benzene rings is 2. The number of aromatic nitrogens is 1. The molecule has 4 nitrogen and oxygen atoms in total. The first kappa shape index (κ1) is 18.4. The Bertz CT molecular complexity index is 844. The Hall–Kier alpha value is -1.95. The van der Waals surface area contributed by atoms with E-state index in [0.717, 1.165) is 42.1 Å². The molecular formula is C22H26N2O2S. The van der Waals surface area contributed by atoms with Gasteiger partial charge in [-0.05, 0) is 55.6 Å². The zero-order valence-corrected chi connectivity index (χ0v) is 16.5. The summed E-state index contributed by atoms with van der Waals surface area (Å²) in [4.78, 5) is 7.18. The van der Waals surface area contributed by atoms with E-state index in [-0.39, 0.29) is 0 Å². The topological polar surface area (TPSA) is 45.6 Å². The second kappa shape index (κ2) is 8.38. The van der Waals surface area contributed by atoms with Crippen LogP contribution in [0.4, 0.5) is 0 Å². The van der Waals surface area contributed by atoms with Gasteiger partial charge in [-0.2, -0.15) is 0 Å². The van der Waals surface area contributed by atoms with Crippen molar-refractivity contribution in [3.05, 3.63) is 59.1 Å². The zero-order chi connectivity index (χ0) is 18.6. The Kier molecular flexibility index (Phi) is 5.72. The predicted octanol–water partition coefficient (Wildman–Crippen LogP) is 4.44. The second-order valence-electron chi connectivity index (χ2n) is 7.14. The number of nitrogens with zero attached hydrogens (tertiary/aromatic N) is 2. The van der Waals surface area contributed by atoms with Crippen LogP contribution in [0, 0.1) is 0 Å². The van der Waals surface area contributed by atoms with Gasteiger partial charge >= 0.3 is 0 Å². The van der Waals surface area contributed by atoms with Crippen LogP contribution in [-0.2, 0) is 6.42 Å². The molecule has 2 atom stereocenters. The molecule has 1 aliphatic heterocycles.